The van der Waals surface area contributed by atoms with Crippen LogP contribution in [0.5, 0.6) is 0 Å². The second-order valence-electron chi connectivity index (χ2n) is 7.96. The van der Waals surface area contributed by atoms with Gasteiger partial charge in [0.2, 0.25) is 5.78 Å². The lowest BCUT2D eigenvalue weighted by Crippen LogP contribution is -2.06. The molecule has 34 heavy (non-hydrogen) atoms. The highest BCUT2D eigenvalue weighted by Gasteiger charge is 2.29. The quantitative estimate of drug-likeness (QED) is 0.139. The number of thiophene rings is 1. The van der Waals surface area contributed by atoms with Gasteiger partial charge in [-0.05, 0) is 31.5 Å². The van der Waals surface area contributed by atoms with Crippen molar-refractivity contribution < 1.29 is 14.3 Å². The maximum absolute atomic E-state index is 13.6. The molecular weight excluding hydrogens is 462 g/mol. The monoisotopic (exact) mass is 485 g/mol. The molecule has 3 heterocycles. The molecule has 0 amide bonds. The predicted octanol–water partition coefficient (Wildman–Crippen LogP) is 7.16. The van der Waals surface area contributed by atoms with E-state index in [0.29, 0.717) is 21.4 Å². The molecule has 0 spiro atoms. The van der Waals surface area contributed by atoms with E-state index in [1.807, 2.05) is 59.1 Å². The van der Waals surface area contributed by atoms with Crippen LogP contribution < -0.4 is 0 Å². The summed E-state index contributed by atoms with van der Waals surface area (Å²) < 4.78 is 8.44. The van der Waals surface area contributed by atoms with Crippen molar-refractivity contribution in [3.63, 3.8) is 0 Å². The van der Waals surface area contributed by atoms with E-state index < -0.39 is 5.97 Å². The topological polar surface area (TPSA) is 47.8 Å². The molecule has 0 fully saturated rings. The van der Waals surface area contributed by atoms with Crippen LogP contribution >= 0.6 is 23.1 Å². The lowest BCUT2D eigenvalue weighted by atomic mass is 10.1. The molecule has 2 aromatic carbocycles. The Hall–Kier alpha value is -3.35. The van der Waals surface area contributed by atoms with E-state index in [2.05, 4.69) is 31.2 Å². The van der Waals surface area contributed by atoms with Crippen molar-refractivity contribution in [2.75, 3.05) is 6.61 Å². The minimum absolute atomic E-state index is 0.0840. The number of pyridine rings is 1. The first-order valence-electron chi connectivity index (χ1n) is 11.1. The molecule has 0 aliphatic carbocycles. The van der Waals surface area contributed by atoms with Gasteiger partial charge in [-0.2, -0.15) is 0 Å². The lowest BCUT2D eigenvalue weighted by molar-refractivity contribution is 0.0531. The maximum Gasteiger partial charge on any atom is 0.341 e. The third kappa shape index (κ3) is 4.04. The van der Waals surface area contributed by atoms with E-state index in [9.17, 15) is 9.59 Å². The summed E-state index contributed by atoms with van der Waals surface area (Å²) in [6.45, 7) is 4.14. The van der Waals surface area contributed by atoms with E-state index >= 15 is 0 Å². The number of thioether (sulfide) groups is 1. The summed E-state index contributed by atoms with van der Waals surface area (Å²) in [5, 5.41) is 0.676. The standard InChI is InChI=1S/C28H23NO3S2/c1-3-32-27(31)22-21-11-7-8-16-29(21)24-23(22)26(25(30)20-9-5-4-6-10-20)34-28(24)33-17-19-14-12-18(2)13-15-19/h4-16H,3,17H2,1-2H3. The molecule has 170 valence electrons. The van der Waals surface area contributed by atoms with E-state index in [4.69, 9.17) is 4.74 Å². The van der Waals surface area contributed by atoms with Gasteiger partial charge >= 0.3 is 5.97 Å². The average Bonchev–Trinajstić information content (AvgIpc) is 3.40. The van der Waals surface area contributed by atoms with Crippen molar-refractivity contribution in [3.05, 3.63) is 106 Å². The Bertz CT molecular complexity index is 1500. The lowest BCUT2D eigenvalue weighted by Gasteiger charge is -2.04. The Morgan fingerprint density at radius 2 is 1.71 bits per heavy atom. The first-order chi connectivity index (χ1) is 16.6. The van der Waals surface area contributed by atoms with Crippen LogP contribution in [0.15, 0.2) is 83.2 Å². The van der Waals surface area contributed by atoms with Crippen molar-refractivity contribution in [3.8, 4) is 0 Å². The van der Waals surface area contributed by atoms with Gasteiger partial charge in [-0.1, -0.05) is 66.2 Å². The smallest absolute Gasteiger partial charge is 0.341 e. The molecule has 0 saturated carbocycles. The van der Waals surface area contributed by atoms with Gasteiger partial charge in [0.15, 0.2) is 0 Å². The highest BCUT2D eigenvalue weighted by atomic mass is 32.2. The third-order valence-electron chi connectivity index (χ3n) is 5.67. The van der Waals surface area contributed by atoms with Gasteiger partial charge in [-0.3, -0.25) is 4.79 Å². The van der Waals surface area contributed by atoms with Crippen molar-refractivity contribution >= 4 is 51.3 Å². The molecule has 0 radical (unpaired) electrons. The molecule has 0 unspecified atom stereocenters. The van der Waals surface area contributed by atoms with Gasteiger partial charge in [0, 0.05) is 22.9 Å². The Labute approximate surface area is 206 Å². The van der Waals surface area contributed by atoms with Gasteiger partial charge in [-0.15, -0.1) is 23.1 Å². The number of aryl methyl sites for hydroxylation is 1. The fraction of sp³-hybridized carbons (Fsp3) is 0.143. The summed E-state index contributed by atoms with van der Waals surface area (Å²) in [6, 6.07) is 23.4. The number of nitrogens with zero attached hydrogens (tertiary/aromatic N) is 1. The van der Waals surface area contributed by atoms with E-state index in [1.54, 1.807) is 18.7 Å². The van der Waals surface area contributed by atoms with Crippen LogP contribution in [0.25, 0.3) is 16.4 Å². The number of carbonyl (C=O) groups excluding carboxylic acids is 2. The van der Waals surface area contributed by atoms with E-state index in [-0.39, 0.29) is 12.4 Å². The maximum atomic E-state index is 13.6. The average molecular weight is 486 g/mol. The number of ether oxygens (including phenoxy) is 1. The van der Waals surface area contributed by atoms with Gasteiger partial charge in [-0.25, -0.2) is 4.79 Å². The van der Waals surface area contributed by atoms with Gasteiger partial charge in [0.1, 0.15) is 0 Å². The first-order valence-corrected chi connectivity index (χ1v) is 12.9. The summed E-state index contributed by atoms with van der Waals surface area (Å²) in [5.74, 6) is 0.277. The first kappa shape index (κ1) is 22.4. The van der Waals surface area contributed by atoms with Crippen LogP contribution in [0.3, 0.4) is 0 Å². The van der Waals surface area contributed by atoms with Gasteiger partial charge in [0.25, 0.3) is 0 Å². The molecule has 0 aliphatic heterocycles. The van der Waals surface area contributed by atoms with Crippen LogP contribution in [-0.2, 0) is 10.5 Å². The number of benzene rings is 2. The normalized spacial score (nSPS) is 11.2. The Morgan fingerprint density at radius 3 is 2.44 bits per heavy atom. The van der Waals surface area contributed by atoms with E-state index in [0.717, 1.165) is 21.0 Å². The van der Waals surface area contributed by atoms with Crippen molar-refractivity contribution in [1.82, 2.24) is 4.40 Å². The van der Waals surface area contributed by atoms with Crippen LogP contribution in [0.4, 0.5) is 0 Å². The second kappa shape index (κ2) is 9.49. The summed E-state index contributed by atoms with van der Waals surface area (Å²) in [5.41, 5.74) is 5.12. The number of hydrogen-bond acceptors (Lipinski definition) is 5. The highest BCUT2D eigenvalue weighted by molar-refractivity contribution is 8.00. The minimum Gasteiger partial charge on any atom is -0.462 e. The van der Waals surface area contributed by atoms with Gasteiger partial charge in [0.05, 0.1) is 32.3 Å². The molecule has 0 bridgehead atoms. The molecule has 6 heteroatoms. The Balaban J connectivity index is 1.72. The number of esters is 1. The Kier molecular flexibility index (Phi) is 6.26. The fourth-order valence-electron chi connectivity index (χ4n) is 4.04. The number of ketones is 1. The summed E-state index contributed by atoms with van der Waals surface area (Å²) in [6.07, 6.45) is 1.94. The molecule has 5 rings (SSSR count). The molecule has 0 aliphatic rings. The number of aromatic nitrogens is 1. The zero-order valence-electron chi connectivity index (χ0n) is 18.9. The largest absolute Gasteiger partial charge is 0.462 e. The zero-order chi connectivity index (χ0) is 23.7. The van der Waals surface area contributed by atoms with Crippen LogP contribution in [0, 0.1) is 6.92 Å². The minimum atomic E-state index is -0.406. The highest BCUT2D eigenvalue weighted by Crippen LogP contribution is 2.44. The van der Waals surface area contributed by atoms with Crippen LogP contribution in [0.1, 0.15) is 43.6 Å². The molecule has 0 atom stereocenters. The van der Waals surface area contributed by atoms with Crippen molar-refractivity contribution in [1.29, 1.82) is 0 Å². The zero-order valence-corrected chi connectivity index (χ0v) is 20.5. The molecule has 0 N–H and O–H groups in total. The van der Waals surface area contributed by atoms with Crippen molar-refractivity contribution in [2.24, 2.45) is 0 Å². The SMILES string of the molecule is CCOC(=O)c1c2c(C(=O)c3ccccc3)sc(SCc3ccc(C)cc3)c2n2ccccc12. The third-order valence-corrected chi connectivity index (χ3v) is 8.18. The van der Waals surface area contributed by atoms with Crippen LogP contribution in [-0.4, -0.2) is 22.8 Å². The summed E-state index contributed by atoms with van der Waals surface area (Å²) in [7, 11) is 0. The molecule has 5 aromatic rings. The van der Waals surface area contributed by atoms with Crippen LogP contribution in [0.2, 0.25) is 0 Å². The molecule has 0 saturated heterocycles. The number of fused-ring (bicyclic) bond motifs is 3. The molecule has 4 nitrogen and oxygen atoms in total. The molecular formula is C28H23NO3S2. The summed E-state index contributed by atoms with van der Waals surface area (Å²) in [4.78, 5) is 27.3. The van der Waals surface area contributed by atoms with Gasteiger partial charge < -0.3 is 9.14 Å². The number of carbonyl (C=O) groups is 2. The second-order valence-corrected chi connectivity index (χ2v) is 10.2. The number of hydrogen-bond donors (Lipinski definition) is 0. The van der Waals surface area contributed by atoms with Crippen molar-refractivity contribution in [2.45, 2.75) is 23.8 Å². The Morgan fingerprint density at radius 1 is 0.971 bits per heavy atom. The van der Waals surface area contributed by atoms with E-state index in [1.165, 1.54) is 22.5 Å². The number of rotatable bonds is 7. The predicted molar refractivity (Wildman–Crippen MR) is 139 cm³/mol. The molecule has 3 aromatic heterocycles. The summed E-state index contributed by atoms with van der Waals surface area (Å²) >= 11 is 3.14. The fourth-order valence-corrected chi connectivity index (χ4v) is 6.53.